The Labute approximate surface area is 134 Å². The van der Waals surface area contributed by atoms with Crippen LogP contribution in [0.25, 0.3) is 22.2 Å². The first-order chi connectivity index (χ1) is 10.9. The number of aromatic nitrogens is 1. The van der Waals surface area contributed by atoms with Crippen molar-refractivity contribution >= 4 is 16.9 Å². The van der Waals surface area contributed by atoms with E-state index < -0.39 is 5.97 Å². The van der Waals surface area contributed by atoms with Crippen molar-refractivity contribution in [2.24, 2.45) is 0 Å². The molecular weight excluding hydrogens is 290 g/mol. The fraction of sp³-hybridized carbons (Fsp3) is 0.158. The molecule has 4 heteroatoms. The summed E-state index contributed by atoms with van der Waals surface area (Å²) in [5.41, 5.74) is 4.52. The lowest BCUT2D eigenvalue weighted by Gasteiger charge is -2.13. The Morgan fingerprint density at radius 2 is 1.65 bits per heavy atom. The van der Waals surface area contributed by atoms with Crippen LogP contribution in [-0.2, 0) is 0 Å². The summed E-state index contributed by atoms with van der Waals surface area (Å²) in [5.74, 6) is -1.45. The van der Waals surface area contributed by atoms with Gasteiger partial charge in [0.05, 0.1) is 5.52 Å². The van der Waals surface area contributed by atoms with Crippen molar-refractivity contribution in [2.75, 3.05) is 0 Å². The number of aromatic hydroxyl groups is 1. The Hall–Kier alpha value is -2.88. The van der Waals surface area contributed by atoms with E-state index in [-0.39, 0.29) is 11.3 Å². The second-order valence-electron chi connectivity index (χ2n) is 5.76. The highest BCUT2D eigenvalue weighted by atomic mass is 16.4. The first-order valence-electron chi connectivity index (χ1n) is 7.33. The molecule has 1 aromatic heterocycles. The van der Waals surface area contributed by atoms with Crippen molar-refractivity contribution in [3.05, 3.63) is 58.7 Å². The summed E-state index contributed by atoms with van der Waals surface area (Å²) in [4.78, 5) is 16.2. The molecule has 2 aromatic carbocycles. The van der Waals surface area contributed by atoms with E-state index in [0.29, 0.717) is 22.2 Å². The Balaban J connectivity index is 2.43. The Kier molecular flexibility index (Phi) is 3.52. The van der Waals surface area contributed by atoms with Gasteiger partial charge in [-0.1, -0.05) is 42.0 Å². The number of carboxylic acid groups (broad SMARTS) is 1. The average Bonchev–Trinajstić information content (AvgIpc) is 2.51. The molecule has 23 heavy (non-hydrogen) atoms. The van der Waals surface area contributed by atoms with Gasteiger partial charge in [0.25, 0.3) is 0 Å². The molecule has 0 atom stereocenters. The molecule has 0 fully saturated rings. The van der Waals surface area contributed by atoms with Gasteiger partial charge in [-0.15, -0.1) is 0 Å². The first-order valence-corrected chi connectivity index (χ1v) is 7.33. The fourth-order valence-corrected chi connectivity index (χ4v) is 2.69. The molecule has 0 unspecified atom stereocenters. The van der Waals surface area contributed by atoms with Gasteiger partial charge in [-0.05, 0) is 31.9 Å². The number of aromatic carboxylic acids is 1. The molecule has 0 saturated heterocycles. The Bertz CT molecular complexity index is 928. The molecular formula is C19H17NO3. The van der Waals surface area contributed by atoms with Crippen LogP contribution in [0.5, 0.6) is 5.75 Å². The molecule has 0 spiro atoms. The molecule has 0 bridgehead atoms. The molecule has 0 aliphatic rings. The van der Waals surface area contributed by atoms with E-state index in [0.717, 1.165) is 16.7 Å². The summed E-state index contributed by atoms with van der Waals surface area (Å²) >= 11 is 0. The van der Waals surface area contributed by atoms with Gasteiger partial charge in [-0.3, -0.25) is 0 Å². The van der Waals surface area contributed by atoms with Gasteiger partial charge in [0.15, 0.2) is 5.75 Å². The van der Waals surface area contributed by atoms with Crippen molar-refractivity contribution in [1.82, 2.24) is 4.98 Å². The van der Waals surface area contributed by atoms with E-state index in [1.54, 1.807) is 6.07 Å². The van der Waals surface area contributed by atoms with Crippen LogP contribution in [0, 0.1) is 20.8 Å². The molecule has 3 aromatic rings. The van der Waals surface area contributed by atoms with Crippen LogP contribution in [-0.4, -0.2) is 21.2 Å². The number of benzene rings is 2. The van der Waals surface area contributed by atoms with Crippen LogP contribution in [0.4, 0.5) is 0 Å². The SMILES string of the molecule is Cc1ccc(-c2nc3c(C)c(C)ccc3c(C(=O)O)c2O)cc1. The molecule has 0 radical (unpaired) electrons. The Morgan fingerprint density at radius 3 is 2.26 bits per heavy atom. The third-order valence-electron chi connectivity index (χ3n) is 4.19. The minimum absolute atomic E-state index is 0.103. The number of rotatable bonds is 2. The molecule has 1 heterocycles. The molecule has 116 valence electrons. The number of hydrogen-bond donors (Lipinski definition) is 2. The van der Waals surface area contributed by atoms with Gasteiger partial charge >= 0.3 is 5.97 Å². The zero-order chi connectivity index (χ0) is 16.7. The zero-order valence-corrected chi connectivity index (χ0v) is 13.2. The summed E-state index contributed by atoms with van der Waals surface area (Å²) in [6, 6.07) is 11.0. The van der Waals surface area contributed by atoms with Crippen LogP contribution in [0.15, 0.2) is 36.4 Å². The third kappa shape index (κ3) is 2.42. The van der Waals surface area contributed by atoms with Gasteiger partial charge in [0.1, 0.15) is 11.3 Å². The highest BCUT2D eigenvalue weighted by molar-refractivity contribution is 6.08. The maximum atomic E-state index is 11.7. The maximum Gasteiger partial charge on any atom is 0.340 e. The Morgan fingerprint density at radius 1 is 1.00 bits per heavy atom. The van der Waals surface area contributed by atoms with Crippen molar-refractivity contribution < 1.29 is 15.0 Å². The standard InChI is InChI=1S/C19H17NO3/c1-10-4-7-13(8-5-10)17-18(21)15(19(22)23)14-9-6-11(2)12(3)16(14)20-17/h4-9,21H,1-3H3,(H,22,23). The lowest BCUT2D eigenvalue weighted by molar-refractivity contribution is 0.0696. The van der Waals surface area contributed by atoms with Crippen molar-refractivity contribution in [3.8, 4) is 17.0 Å². The number of nitrogens with zero attached hydrogens (tertiary/aromatic N) is 1. The van der Waals surface area contributed by atoms with Gasteiger partial charge in [0, 0.05) is 10.9 Å². The predicted molar refractivity (Wildman–Crippen MR) is 90.0 cm³/mol. The average molecular weight is 307 g/mol. The number of carboxylic acids is 1. The predicted octanol–water partition coefficient (Wildman–Crippen LogP) is 4.23. The van der Waals surface area contributed by atoms with Gasteiger partial charge < -0.3 is 10.2 Å². The minimum atomic E-state index is -1.16. The molecule has 0 saturated carbocycles. The normalized spacial score (nSPS) is 10.9. The molecule has 0 aliphatic carbocycles. The van der Waals surface area contributed by atoms with E-state index in [9.17, 15) is 15.0 Å². The first kappa shape index (κ1) is 15.0. The smallest absolute Gasteiger partial charge is 0.340 e. The highest BCUT2D eigenvalue weighted by Gasteiger charge is 2.21. The number of carbonyl (C=O) groups is 1. The van der Waals surface area contributed by atoms with E-state index >= 15 is 0 Å². The van der Waals surface area contributed by atoms with Crippen LogP contribution in [0.3, 0.4) is 0 Å². The quantitative estimate of drug-likeness (QED) is 0.743. The van der Waals surface area contributed by atoms with E-state index in [1.807, 2.05) is 51.1 Å². The van der Waals surface area contributed by atoms with Crippen molar-refractivity contribution in [1.29, 1.82) is 0 Å². The molecule has 0 amide bonds. The van der Waals surface area contributed by atoms with E-state index in [1.165, 1.54) is 0 Å². The zero-order valence-electron chi connectivity index (χ0n) is 13.2. The van der Waals surface area contributed by atoms with Crippen LogP contribution in [0.2, 0.25) is 0 Å². The van der Waals surface area contributed by atoms with Gasteiger partial charge in [0.2, 0.25) is 0 Å². The summed E-state index contributed by atoms with van der Waals surface area (Å²) in [6.45, 7) is 5.83. The lowest BCUT2D eigenvalue weighted by atomic mass is 9.98. The fourth-order valence-electron chi connectivity index (χ4n) is 2.69. The summed E-state index contributed by atoms with van der Waals surface area (Å²) in [6.07, 6.45) is 0. The molecule has 2 N–H and O–H groups in total. The van der Waals surface area contributed by atoms with Gasteiger partial charge in [-0.2, -0.15) is 0 Å². The minimum Gasteiger partial charge on any atom is -0.505 e. The highest BCUT2D eigenvalue weighted by Crippen LogP contribution is 2.36. The second-order valence-corrected chi connectivity index (χ2v) is 5.76. The monoisotopic (exact) mass is 307 g/mol. The van der Waals surface area contributed by atoms with E-state index in [2.05, 4.69) is 4.98 Å². The summed E-state index contributed by atoms with van der Waals surface area (Å²) in [7, 11) is 0. The molecule has 0 aliphatic heterocycles. The van der Waals surface area contributed by atoms with Crippen LogP contribution >= 0.6 is 0 Å². The maximum absolute atomic E-state index is 11.7. The molecule has 3 rings (SSSR count). The van der Waals surface area contributed by atoms with Crippen LogP contribution < -0.4 is 0 Å². The van der Waals surface area contributed by atoms with E-state index in [4.69, 9.17) is 0 Å². The lowest BCUT2D eigenvalue weighted by Crippen LogP contribution is -2.03. The van der Waals surface area contributed by atoms with Crippen molar-refractivity contribution in [2.45, 2.75) is 20.8 Å². The number of hydrogen-bond acceptors (Lipinski definition) is 3. The number of pyridine rings is 1. The number of fused-ring (bicyclic) bond motifs is 1. The topological polar surface area (TPSA) is 70.4 Å². The van der Waals surface area contributed by atoms with Gasteiger partial charge in [-0.25, -0.2) is 9.78 Å². The third-order valence-corrected chi connectivity index (χ3v) is 4.19. The largest absolute Gasteiger partial charge is 0.505 e. The summed E-state index contributed by atoms with van der Waals surface area (Å²) in [5, 5.41) is 20.5. The van der Waals surface area contributed by atoms with Crippen molar-refractivity contribution in [3.63, 3.8) is 0 Å². The summed E-state index contributed by atoms with van der Waals surface area (Å²) < 4.78 is 0. The van der Waals surface area contributed by atoms with Crippen LogP contribution in [0.1, 0.15) is 27.0 Å². The molecule has 4 nitrogen and oxygen atoms in total. The second kappa shape index (κ2) is 5.39. The number of aryl methyl sites for hydroxylation is 3.